The maximum Gasteiger partial charge on any atom is 0.331 e. The Labute approximate surface area is 176 Å². The summed E-state index contributed by atoms with van der Waals surface area (Å²) in [5.41, 5.74) is 3.71. The number of rotatable bonds is 9. The van der Waals surface area contributed by atoms with E-state index in [9.17, 15) is 9.90 Å². The highest BCUT2D eigenvalue weighted by atomic mass is 16.4. The highest BCUT2D eigenvalue weighted by molar-refractivity contribution is 5.92. The van der Waals surface area contributed by atoms with Gasteiger partial charge in [0.05, 0.1) is 23.5 Å². The minimum Gasteiger partial charge on any atom is -0.478 e. The first kappa shape index (κ1) is 21.1. The van der Waals surface area contributed by atoms with Gasteiger partial charge in [0, 0.05) is 25.0 Å². The third-order valence-electron chi connectivity index (χ3n) is 4.98. The van der Waals surface area contributed by atoms with E-state index in [0.717, 1.165) is 41.9 Å². The molecule has 0 saturated carbocycles. The number of unbranched alkanes of at least 4 members (excludes halogenated alkanes) is 1. The van der Waals surface area contributed by atoms with Gasteiger partial charge in [0.2, 0.25) is 0 Å². The average molecular weight is 399 g/mol. The second-order valence-corrected chi connectivity index (χ2v) is 7.23. The van der Waals surface area contributed by atoms with Gasteiger partial charge >= 0.3 is 5.97 Å². The standard InChI is InChI=1S/C25H25N3O2/c1-2-3-9-24-27-17-23(28(24)18-21-12-10-20(16-26)11-13-21)15-22(25(29)30)14-19-7-5-4-6-8-19/h4-8,10-13,15,17H,2-3,9,14,18H2,1H3,(H,29,30). The molecule has 0 spiro atoms. The fourth-order valence-corrected chi connectivity index (χ4v) is 3.31. The Morgan fingerprint density at radius 3 is 2.50 bits per heavy atom. The molecular weight excluding hydrogens is 374 g/mol. The van der Waals surface area contributed by atoms with Crippen LogP contribution >= 0.6 is 0 Å². The van der Waals surface area contributed by atoms with Crippen LogP contribution in [0.2, 0.25) is 0 Å². The van der Waals surface area contributed by atoms with Crippen LogP contribution < -0.4 is 0 Å². The van der Waals surface area contributed by atoms with Gasteiger partial charge in [-0.25, -0.2) is 9.78 Å². The Kier molecular flexibility index (Phi) is 7.18. The number of carboxylic acids is 1. The first-order chi connectivity index (χ1) is 14.6. The molecule has 0 aliphatic rings. The van der Waals surface area contributed by atoms with E-state index in [4.69, 9.17) is 5.26 Å². The number of aliphatic carboxylic acids is 1. The summed E-state index contributed by atoms with van der Waals surface area (Å²) < 4.78 is 2.07. The number of nitriles is 1. The lowest BCUT2D eigenvalue weighted by Crippen LogP contribution is -2.09. The number of carboxylic acid groups (broad SMARTS) is 1. The molecule has 0 radical (unpaired) electrons. The molecule has 3 rings (SSSR count). The molecular formula is C25H25N3O2. The van der Waals surface area contributed by atoms with Crippen molar-refractivity contribution in [3.05, 3.63) is 94.6 Å². The maximum absolute atomic E-state index is 11.9. The van der Waals surface area contributed by atoms with E-state index in [0.29, 0.717) is 24.1 Å². The van der Waals surface area contributed by atoms with Gasteiger partial charge in [-0.15, -0.1) is 0 Å². The molecule has 0 bridgehead atoms. The predicted molar refractivity (Wildman–Crippen MR) is 117 cm³/mol. The largest absolute Gasteiger partial charge is 0.478 e. The van der Waals surface area contributed by atoms with Crippen LogP contribution in [0.5, 0.6) is 0 Å². The minimum atomic E-state index is -0.930. The van der Waals surface area contributed by atoms with Crippen molar-refractivity contribution in [2.75, 3.05) is 0 Å². The van der Waals surface area contributed by atoms with Gasteiger partial charge in [0.1, 0.15) is 5.82 Å². The van der Waals surface area contributed by atoms with Gasteiger partial charge < -0.3 is 9.67 Å². The number of hydrogen-bond donors (Lipinski definition) is 1. The van der Waals surface area contributed by atoms with E-state index in [1.54, 1.807) is 24.4 Å². The van der Waals surface area contributed by atoms with Crippen molar-refractivity contribution in [2.45, 2.75) is 39.2 Å². The van der Waals surface area contributed by atoms with Crippen LogP contribution in [0.4, 0.5) is 0 Å². The summed E-state index contributed by atoms with van der Waals surface area (Å²) in [5.74, 6) is 0.0111. The van der Waals surface area contributed by atoms with Crippen molar-refractivity contribution < 1.29 is 9.90 Å². The average Bonchev–Trinajstić information content (AvgIpc) is 3.14. The zero-order chi connectivity index (χ0) is 21.3. The highest BCUT2D eigenvalue weighted by Crippen LogP contribution is 2.18. The van der Waals surface area contributed by atoms with Gasteiger partial charge in [0.15, 0.2) is 0 Å². The molecule has 2 aromatic carbocycles. The molecule has 1 heterocycles. The molecule has 0 saturated heterocycles. The van der Waals surface area contributed by atoms with Gasteiger partial charge in [-0.05, 0) is 35.8 Å². The molecule has 152 valence electrons. The van der Waals surface area contributed by atoms with Gasteiger partial charge in [-0.3, -0.25) is 0 Å². The van der Waals surface area contributed by atoms with Gasteiger partial charge in [-0.2, -0.15) is 5.26 Å². The Morgan fingerprint density at radius 1 is 1.13 bits per heavy atom. The number of benzene rings is 2. The van der Waals surface area contributed by atoms with Crippen LogP contribution in [0, 0.1) is 11.3 Å². The topological polar surface area (TPSA) is 78.9 Å². The van der Waals surface area contributed by atoms with E-state index in [1.807, 2.05) is 42.5 Å². The van der Waals surface area contributed by atoms with Crippen LogP contribution in [0.15, 0.2) is 66.4 Å². The monoisotopic (exact) mass is 399 g/mol. The number of aromatic nitrogens is 2. The van der Waals surface area contributed by atoms with Gasteiger partial charge in [-0.1, -0.05) is 55.8 Å². The zero-order valence-corrected chi connectivity index (χ0v) is 17.1. The van der Waals surface area contributed by atoms with Crippen LogP contribution in [-0.4, -0.2) is 20.6 Å². The van der Waals surface area contributed by atoms with E-state index < -0.39 is 5.97 Å². The van der Waals surface area contributed by atoms with E-state index >= 15 is 0 Å². The smallest absolute Gasteiger partial charge is 0.331 e. The molecule has 0 aliphatic heterocycles. The third kappa shape index (κ3) is 5.45. The predicted octanol–water partition coefficient (Wildman–Crippen LogP) is 4.86. The Bertz CT molecular complexity index is 1060. The summed E-state index contributed by atoms with van der Waals surface area (Å²) in [5, 5.41) is 18.8. The van der Waals surface area contributed by atoms with Crippen LogP contribution in [0.1, 0.15) is 48.0 Å². The van der Waals surface area contributed by atoms with Crippen molar-refractivity contribution in [3.63, 3.8) is 0 Å². The first-order valence-corrected chi connectivity index (χ1v) is 10.1. The molecule has 3 aromatic rings. The summed E-state index contributed by atoms with van der Waals surface area (Å²) in [6, 6.07) is 19.2. The van der Waals surface area contributed by atoms with Crippen molar-refractivity contribution in [2.24, 2.45) is 0 Å². The summed E-state index contributed by atoms with van der Waals surface area (Å²) >= 11 is 0. The molecule has 5 nitrogen and oxygen atoms in total. The Morgan fingerprint density at radius 2 is 1.87 bits per heavy atom. The quantitative estimate of drug-likeness (QED) is 0.521. The number of nitrogens with zero attached hydrogens (tertiary/aromatic N) is 3. The second kappa shape index (κ2) is 10.2. The molecule has 1 aromatic heterocycles. The summed E-state index contributed by atoms with van der Waals surface area (Å²) in [4.78, 5) is 16.5. The fraction of sp³-hybridized carbons (Fsp3) is 0.240. The molecule has 30 heavy (non-hydrogen) atoms. The third-order valence-corrected chi connectivity index (χ3v) is 4.98. The number of imidazole rings is 1. The lowest BCUT2D eigenvalue weighted by Gasteiger charge is -2.12. The molecule has 1 N–H and O–H groups in total. The van der Waals surface area contributed by atoms with Crippen molar-refractivity contribution >= 4 is 12.0 Å². The number of carbonyl (C=O) groups is 1. The fourth-order valence-electron chi connectivity index (χ4n) is 3.31. The van der Waals surface area contributed by atoms with E-state index in [2.05, 4.69) is 22.5 Å². The van der Waals surface area contributed by atoms with Gasteiger partial charge in [0.25, 0.3) is 0 Å². The van der Waals surface area contributed by atoms with Crippen LogP contribution in [0.3, 0.4) is 0 Å². The molecule has 0 fully saturated rings. The molecule has 0 atom stereocenters. The summed E-state index contributed by atoms with van der Waals surface area (Å²) in [6.45, 7) is 2.71. The number of hydrogen-bond acceptors (Lipinski definition) is 3. The summed E-state index contributed by atoms with van der Waals surface area (Å²) in [6.07, 6.45) is 6.74. The van der Waals surface area contributed by atoms with Crippen molar-refractivity contribution in [1.29, 1.82) is 5.26 Å². The highest BCUT2D eigenvalue weighted by Gasteiger charge is 2.14. The molecule has 0 aliphatic carbocycles. The van der Waals surface area contributed by atoms with Crippen molar-refractivity contribution in [3.8, 4) is 6.07 Å². The normalized spacial score (nSPS) is 11.3. The van der Waals surface area contributed by atoms with E-state index in [-0.39, 0.29) is 0 Å². The molecule has 0 unspecified atom stereocenters. The zero-order valence-electron chi connectivity index (χ0n) is 17.1. The Balaban J connectivity index is 1.95. The molecule has 0 amide bonds. The van der Waals surface area contributed by atoms with Crippen molar-refractivity contribution in [1.82, 2.24) is 9.55 Å². The van der Waals surface area contributed by atoms with Crippen LogP contribution in [0.25, 0.3) is 6.08 Å². The lowest BCUT2D eigenvalue weighted by atomic mass is 10.0. The maximum atomic E-state index is 11.9. The molecule has 5 heteroatoms. The minimum absolute atomic E-state index is 0.323. The lowest BCUT2D eigenvalue weighted by molar-refractivity contribution is -0.132. The summed E-state index contributed by atoms with van der Waals surface area (Å²) in [7, 11) is 0. The Hall–Kier alpha value is -3.65. The SMILES string of the molecule is CCCCc1ncc(C=C(Cc2ccccc2)C(=O)O)n1Cc1ccc(C#N)cc1. The number of aryl methyl sites for hydroxylation is 1. The first-order valence-electron chi connectivity index (χ1n) is 10.1. The van der Waals surface area contributed by atoms with Crippen LogP contribution in [-0.2, 0) is 24.2 Å². The van der Waals surface area contributed by atoms with E-state index in [1.165, 1.54) is 0 Å². The second-order valence-electron chi connectivity index (χ2n) is 7.23.